The third-order valence-electron chi connectivity index (χ3n) is 0. The van der Waals surface area contributed by atoms with Crippen LogP contribution in [0.4, 0.5) is 0 Å². The molecule has 0 saturated heterocycles. The molecule has 0 aliphatic rings. The molecule has 0 aliphatic carbocycles. The second-order valence-corrected chi connectivity index (χ2v) is 7.56. The van der Waals surface area contributed by atoms with Crippen LogP contribution in [0, 0.1) is 0 Å². The smallest absolute Gasteiger partial charge is 0.756 e. The van der Waals surface area contributed by atoms with Crippen LogP contribution in [0.3, 0.4) is 0 Å². The van der Waals surface area contributed by atoms with Gasteiger partial charge in [-0.1, -0.05) is 0 Å². The Morgan fingerprint density at radius 3 is 0.407 bits per heavy atom. The van der Waals surface area contributed by atoms with Crippen LogP contribution in [0.25, 0.3) is 0 Å². The average molecular weight is 562 g/mol. The molecule has 20 nitrogen and oxygen atoms in total. The van der Waals surface area contributed by atoms with Gasteiger partial charge in [0, 0.05) is 0 Å². The first-order chi connectivity index (χ1) is 10.0. The van der Waals surface area contributed by atoms with Crippen molar-refractivity contribution in [3.05, 3.63) is 0 Å². The summed E-state index contributed by atoms with van der Waals surface area (Å²) >= 11 is 0. The van der Waals surface area contributed by atoms with Gasteiger partial charge in [-0.15, -0.1) is 0 Å². The Morgan fingerprint density at radius 2 is 0.407 bits per heavy atom. The number of hydrogen-bond donors (Lipinski definition) is 13. The minimum absolute atomic E-state index is 0. The number of hydrogen-bond acceptors (Lipinski definition) is 7. The van der Waals surface area contributed by atoms with E-state index in [0.717, 1.165) is 0 Å². The molecule has 168 valence electrons. The van der Waals surface area contributed by atoms with Crippen molar-refractivity contribution in [2.75, 3.05) is 0 Å². The van der Waals surface area contributed by atoms with Gasteiger partial charge < -0.3 is 73.4 Å². The second-order valence-electron chi connectivity index (χ2n) is 2.52. The van der Waals surface area contributed by atoms with Crippen molar-refractivity contribution in [2.24, 2.45) is 0 Å². The molecular formula is H16CaO20P6. The Kier molecular flexibility index (Phi) is 35.2. The third kappa shape index (κ3) is 3880. The Balaban J connectivity index is -0.0000000364. The van der Waals surface area contributed by atoms with Gasteiger partial charge in [0.25, 0.3) is 15.6 Å². The first kappa shape index (κ1) is 47.1. The predicted octanol–water partition coefficient (Wildman–Crippen LogP) is -6.23. The van der Waals surface area contributed by atoms with Crippen LogP contribution in [0.2, 0.25) is 0 Å². The third-order valence-corrected chi connectivity index (χ3v) is 0. The van der Waals surface area contributed by atoms with Crippen LogP contribution in [-0.4, -0.2) is 101 Å². The van der Waals surface area contributed by atoms with Crippen LogP contribution < -0.4 is 9.79 Å². The zero-order valence-corrected chi connectivity index (χ0v) is 20.4. The van der Waals surface area contributed by atoms with Gasteiger partial charge >= 0.3 is 61.2 Å². The van der Waals surface area contributed by atoms with Crippen molar-refractivity contribution in [1.82, 2.24) is 0 Å². The van der Waals surface area contributed by atoms with Gasteiger partial charge in [-0.3, -0.25) is 9.13 Å². The fraction of sp³-hybridized carbons (Fsp3) is 0. The molecule has 1 unspecified atom stereocenters. The van der Waals surface area contributed by atoms with Gasteiger partial charge in [0.2, 0.25) is 0 Å². The molecule has 0 fully saturated rings. The summed E-state index contributed by atoms with van der Waals surface area (Å²) in [6.07, 6.45) is 0. The molecule has 0 aliphatic heterocycles. The van der Waals surface area contributed by atoms with E-state index in [0.29, 0.717) is 0 Å². The van der Waals surface area contributed by atoms with Crippen LogP contribution >= 0.6 is 49.0 Å². The molecule has 27 heavy (non-hydrogen) atoms. The summed E-state index contributed by atoms with van der Waals surface area (Å²) in [6, 6.07) is 0. The van der Waals surface area contributed by atoms with Crippen molar-refractivity contribution in [3.8, 4) is 0 Å². The largest absolute Gasteiger partial charge is 2.00 e. The van der Waals surface area contributed by atoms with E-state index >= 15 is 0 Å². The standard InChI is InChI=1S/Ca.5H3O4P.H3P/c;5*1-5(2,3)4;/h;5*(H3,1,2,3,4);1H3/q+2;;;;;;/p-2. The SMILES string of the molecule is O=P(O)(O)O.O=P(O)(O)O.O=P(O)(O)O.O=P([O-])(O)O.O=P([O-])(O)O.P.[Ca+2]. The fourth-order valence-electron chi connectivity index (χ4n) is 0. The summed E-state index contributed by atoms with van der Waals surface area (Å²) in [6.45, 7) is 0. The van der Waals surface area contributed by atoms with Crippen molar-refractivity contribution in [3.63, 3.8) is 0 Å². The first-order valence-corrected chi connectivity index (χ1v) is 11.6. The maximum atomic E-state index is 8.88. The van der Waals surface area contributed by atoms with Crippen LogP contribution in [0.5, 0.6) is 0 Å². The van der Waals surface area contributed by atoms with E-state index in [1.807, 2.05) is 0 Å². The van der Waals surface area contributed by atoms with Crippen molar-refractivity contribution >= 4 is 86.8 Å². The van der Waals surface area contributed by atoms with Gasteiger partial charge in [-0.2, -0.15) is 9.90 Å². The average Bonchev–Trinajstić information content (AvgIpc) is 1.79. The minimum Gasteiger partial charge on any atom is -0.756 e. The van der Waals surface area contributed by atoms with E-state index in [1.165, 1.54) is 0 Å². The normalized spacial score (nSPS) is 10.9. The molecule has 0 spiro atoms. The predicted molar refractivity (Wildman–Crippen MR) is 83.7 cm³/mol. The topological polar surface area (TPSA) is 394 Å². The zero-order chi connectivity index (χ0) is 22.5. The van der Waals surface area contributed by atoms with E-state index in [2.05, 4.69) is 0 Å². The Bertz CT molecular complexity index is 373. The van der Waals surface area contributed by atoms with Gasteiger partial charge in [0.1, 0.15) is 0 Å². The molecule has 1 atom stereocenters. The van der Waals surface area contributed by atoms with Crippen LogP contribution in [0.15, 0.2) is 0 Å². The molecule has 13 N–H and O–H groups in total. The molecule has 0 rings (SSSR count). The van der Waals surface area contributed by atoms with Crippen molar-refractivity contribution < 1.29 is 96.2 Å². The number of phosphoric acid groups is 5. The second kappa shape index (κ2) is 20.2. The minimum atomic E-state index is -4.89. The summed E-state index contributed by atoms with van der Waals surface area (Å²) < 4.78 is 44.2. The molecule has 0 amide bonds. The molecule has 0 aromatic carbocycles. The van der Waals surface area contributed by atoms with E-state index in [9.17, 15) is 0 Å². The van der Waals surface area contributed by atoms with E-state index < -0.39 is 39.1 Å². The molecule has 27 heteroatoms. The summed E-state index contributed by atoms with van der Waals surface area (Å²) in [7, 11) is -23.7. The number of rotatable bonds is 0. The maximum absolute atomic E-state index is 8.88. The summed E-state index contributed by atoms with van der Waals surface area (Å²) in [5, 5.41) is 0. The van der Waals surface area contributed by atoms with Crippen LogP contribution in [0.1, 0.15) is 0 Å². The van der Waals surface area contributed by atoms with Crippen LogP contribution in [-0.2, 0) is 22.8 Å². The molecule has 0 radical (unpaired) electrons. The van der Waals surface area contributed by atoms with Gasteiger partial charge in [-0.25, -0.2) is 13.7 Å². The molecule has 0 saturated carbocycles. The van der Waals surface area contributed by atoms with Crippen molar-refractivity contribution in [2.45, 2.75) is 0 Å². The van der Waals surface area contributed by atoms with Gasteiger partial charge in [0.15, 0.2) is 0 Å². The Labute approximate surface area is 182 Å². The zero-order valence-electron chi connectivity index (χ0n) is 12.3. The van der Waals surface area contributed by atoms with E-state index in [-0.39, 0.29) is 47.6 Å². The first-order valence-electron chi connectivity index (χ1n) is 3.88. The summed E-state index contributed by atoms with van der Waals surface area (Å²) in [5.41, 5.74) is 0. The maximum Gasteiger partial charge on any atom is 2.00 e. The van der Waals surface area contributed by atoms with E-state index in [1.54, 1.807) is 0 Å². The molecular weight excluding hydrogens is 546 g/mol. The molecule has 0 aromatic heterocycles. The quantitative estimate of drug-likeness (QED) is 0.0964. The molecule has 0 aromatic rings. The van der Waals surface area contributed by atoms with Crippen molar-refractivity contribution in [1.29, 1.82) is 0 Å². The van der Waals surface area contributed by atoms with E-state index in [4.69, 9.17) is 96.2 Å². The monoisotopic (exact) mass is 562 g/mol. The Morgan fingerprint density at radius 1 is 0.407 bits per heavy atom. The molecule has 0 bridgehead atoms. The molecule has 0 heterocycles. The van der Waals surface area contributed by atoms with Gasteiger partial charge in [-0.05, 0) is 0 Å². The summed E-state index contributed by atoms with van der Waals surface area (Å²) in [5.74, 6) is 0. The summed E-state index contributed by atoms with van der Waals surface area (Å²) in [4.78, 5) is 111. The fourth-order valence-corrected chi connectivity index (χ4v) is 0. The Hall–Kier alpha value is 2.24. The van der Waals surface area contributed by atoms with Gasteiger partial charge in [0.05, 0.1) is 0 Å².